The molecule has 1 aliphatic heterocycles. The number of carbonyl (C=O) groups excluding carboxylic acids is 1. The molecule has 8 heteroatoms. The van der Waals surface area contributed by atoms with Crippen molar-refractivity contribution in [3.63, 3.8) is 0 Å². The second-order valence-corrected chi connectivity index (χ2v) is 8.70. The molecule has 2 heterocycles. The Labute approximate surface area is 171 Å². The van der Waals surface area contributed by atoms with E-state index in [1.165, 1.54) is 11.3 Å². The Balaban J connectivity index is 1.69. The number of benzene rings is 1. The van der Waals surface area contributed by atoms with E-state index < -0.39 is 29.6 Å². The number of hydrogen-bond acceptors (Lipinski definition) is 4. The summed E-state index contributed by atoms with van der Waals surface area (Å²) >= 11 is 12.7. The van der Waals surface area contributed by atoms with Crippen LogP contribution in [0, 0.1) is 0 Å². The Kier molecular flexibility index (Phi) is 7.11. The van der Waals surface area contributed by atoms with Gasteiger partial charge in [0.1, 0.15) is 12.8 Å². The summed E-state index contributed by atoms with van der Waals surface area (Å²) in [6.45, 7) is 0.128. The molecule has 0 radical (unpaired) electrons. The average molecular weight is 431 g/mol. The molecule has 3 N–H and O–H groups in total. The van der Waals surface area contributed by atoms with Gasteiger partial charge < -0.3 is 15.7 Å². The lowest BCUT2D eigenvalue weighted by atomic mass is 10.0. The van der Waals surface area contributed by atoms with Gasteiger partial charge in [0.2, 0.25) is 0 Å². The average Bonchev–Trinajstić information content (AvgIpc) is 3.36. The van der Waals surface area contributed by atoms with Crippen LogP contribution in [0.5, 0.6) is 0 Å². The zero-order valence-corrected chi connectivity index (χ0v) is 16.8. The van der Waals surface area contributed by atoms with Crippen molar-refractivity contribution in [2.45, 2.75) is 35.9 Å². The summed E-state index contributed by atoms with van der Waals surface area (Å²) in [4.78, 5) is 12.7. The van der Waals surface area contributed by atoms with E-state index in [0.29, 0.717) is 11.6 Å². The number of nitrogens with one attached hydrogen (secondary N) is 2. The second-order valence-electron chi connectivity index (χ2n) is 6.49. The first kappa shape index (κ1) is 20.6. The predicted molar refractivity (Wildman–Crippen MR) is 108 cm³/mol. The van der Waals surface area contributed by atoms with Crippen molar-refractivity contribution in [1.29, 1.82) is 0 Å². The van der Waals surface area contributed by atoms with Gasteiger partial charge in [-0.3, -0.25) is 4.79 Å². The molecule has 1 saturated heterocycles. The normalized spacial score (nSPS) is 19.2. The molecule has 0 saturated carbocycles. The molecular weight excluding hydrogens is 410 g/mol. The van der Waals surface area contributed by atoms with Crippen LogP contribution in [0.1, 0.15) is 35.4 Å². The third kappa shape index (κ3) is 5.00. The number of alkyl halides is 3. The van der Waals surface area contributed by atoms with Gasteiger partial charge in [0.15, 0.2) is 4.84 Å². The molecule has 1 amide bonds. The molecule has 4 nitrogen and oxygen atoms in total. The van der Waals surface area contributed by atoms with Crippen molar-refractivity contribution in [2.75, 3.05) is 13.2 Å². The molecule has 1 aromatic carbocycles. The highest BCUT2D eigenvalue weighted by Gasteiger charge is 2.25. The summed E-state index contributed by atoms with van der Waals surface area (Å²) in [7, 11) is 0. The van der Waals surface area contributed by atoms with Crippen LogP contribution in [-0.4, -0.2) is 35.1 Å². The van der Waals surface area contributed by atoms with Crippen molar-refractivity contribution in [2.24, 2.45) is 0 Å². The first-order chi connectivity index (χ1) is 13.0. The Hall–Kier alpha value is -1.18. The summed E-state index contributed by atoms with van der Waals surface area (Å²) in [5, 5.41) is 16.2. The topological polar surface area (TPSA) is 61.4 Å². The molecule has 3 atom stereocenters. The van der Waals surface area contributed by atoms with Crippen molar-refractivity contribution in [3.8, 4) is 10.4 Å². The summed E-state index contributed by atoms with van der Waals surface area (Å²) in [5.74, 6) is -0.733. The summed E-state index contributed by atoms with van der Waals surface area (Å²) in [6.07, 6.45) is 1.17. The number of halogens is 3. The SMILES string of the molecule is O=C(NC(CF)C(O)c1ccc(-c2ccc(C3CCCN3)s2)cc1)C(Cl)Cl. The van der Waals surface area contributed by atoms with Gasteiger partial charge in [-0.25, -0.2) is 4.39 Å². The first-order valence-corrected chi connectivity index (χ1v) is 10.4. The fourth-order valence-electron chi connectivity index (χ4n) is 3.15. The van der Waals surface area contributed by atoms with E-state index in [2.05, 4.69) is 22.8 Å². The lowest BCUT2D eigenvalue weighted by Crippen LogP contribution is -2.43. The van der Waals surface area contributed by atoms with Gasteiger partial charge in [0, 0.05) is 15.8 Å². The van der Waals surface area contributed by atoms with Crippen molar-refractivity contribution in [1.82, 2.24) is 10.6 Å². The van der Waals surface area contributed by atoms with E-state index in [-0.39, 0.29) is 0 Å². The van der Waals surface area contributed by atoms with Gasteiger partial charge in [-0.15, -0.1) is 11.3 Å². The van der Waals surface area contributed by atoms with E-state index >= 15 is 0 Å². The van der Waals surface area contributed by atoms with Crippen LogP contribution in [-0.2, 0) is 4.79 Å². The van der Waals surface area contributed by atoms with Gasteiger partial charge in [-0.1, -0.05) is 47.5 Å². The number of amides is 1. The van der Waals surface area contributed by atoms with Crippen LogP contribution in [0.4, 0.5) is 4.39 Å². The Morgan fingerprint density at radius 2 is 2.04 bits per heavy atom. The highest BCUT2D eigenvalue weighted by atomic mass is 35.5. The highest BCUT2D eigenvalue weighted by Crippen LogP contribution is 2.35. The molecule has 1 aliphatic rings. The first-order valence-electron chi connectivity index (χ1n) is 8.75. The monoisotopic (exact) mass is 430 g/mol. The minimum absolute atomic E-state index is 0.437. The number of aliphatic hydroxyl groups excluding tert-OH is 1. The maximum atomic E-state index is 13.2. The highest BCUT2D eigenvalue weighted by molar-refractivity contribution is 7.15. The van der Waals surface area contributed by atoms with Gasteiger partial charge in [-0.05, 0) is 42.6 Å². The predicted octanol–water partition coefficient (Wildman–Crippen LogP) is 4.13. The van der Waals surface area contributed by atoms with Crippen LogP contribution in [0.25, 0.3) is 10.4 Å². The van der Waals surface area contributed by atoms with Crippen LogP contribution in [0.2, 0.25) is 0 Å². The van der Waals surface area contributed by atoms with Gasteiger partial charge in [-0.2, -0.15) is 0 Å². The fourth-order valence-corrected chi connectivity index (χ4v) is 4.40. The number of rotatable bonds is 7. The number of aliphatic hydroxyl groups is 1. The van der Waals surface area contributed by atoms with E-state index in [1.807, 2.05) is 12.1 Å². The van der Waals surface area contributed by atoms with Gasteiger partial charge in [0.25, 0.3) is 5.91 Å². The fraction of sp³-hybridized carbons (Fsp3) is 0.421. The van der Waals surface area contributed by atoms with Crippen molar-refractivity contribution in [3.05, 3.63) is 46.8 Å². The summed E-state index contributed by atoms with van der Waals surface area (Å²) < 4.78 is 13.2. The Morgan fingerprint density at radius 3 is 2.63 bits per heavy atom. The molecular formula is C19H21Cl2FN2O2S. The minimum atomic E-state index is -1.31. The van der Waals surface area contributed by atoms with Crippen LogP contribution in [0.3, 0.4) is 0 Å². The quantitative estimate of drug-likeness (QED) is 0.578. The van der Waals surface area contributed by atoms with Crippen molar-refractivity contribution >= 4 is 40.4 Å². The van der Waals surface area contributed by atoms with Gasteiger partial charge >= 0.3 is 0 Å². The number of hydrogen-bond donors (Lipinski definition) is 3. The third-order valence-electron chi connectivity index (χ3n) is 4.64. The molecule has 1 aromatic heterocycles. The smallest absolute Gasteiger partial charge is 0.253 e. The molecule has 146 valence electrons. The molecule has 3 unspecified atom stereocenters. The van der Waals surface area contributed by atoms with Crippen LogP contribution >= 0.6 is 34.5 Å². The Bertz CT molecular complexity index is 763. The van der Waals surface area contributed by atoms with Crippen LogP contribution < -0.4 is 10.6 Å². The maximum Gasteiger partial charge on any atom is 0.253 e. The lowest BCUT2D eigenvalue weighted by Gasteiger charge is -2.22. The number of carbonyl (C=O) groups is 1. The number of thiophene rings is 1. The van der Waals surface area contributed by atoms with E-state index in [0.717, 1.165) is 23.4 Å². The van der Waals surface area contributed by atoms with Gasteiger partial charge in [0.05, 0.1) is 6.04 Å². The molecule has 0 bridgehead atoms. The Morgan fingerprint density at radius 1 is 1.30 bits per heavy atom. The van der Waals surface area contributed by atoms with Crippen LogP contribution in [0.15, 0.2) is 36.4 Å². The van der Waals surface area contributed by atoms with E-state index in [1.54, 1.807) is 23.5 Å². The molecule has 3 rings (SSSR count). The molecule has 2 aromatic rings. The van der Waals surface area contributed by atoms with E-state index in [4.69, 9.17) is 23.2 Å². The zero-order chi connectivity index (χ0) is 19.4. The molecule has 0 aliphatic carbocycles. The third-order valence-corrected chi connectivity index (χ3v) is 6.28. The lowest BCUT2D eigenvalue weighted by molar-refractivity contribution is -0.121. The summed E-state index contributed by atoms with van der Waals surface area (Å²) in [5.41, 5.74) is 1.54. The minimum Gasteiger partial charge on any atom is -0.386 e. The zero-order valence-electron chi connectivity index (χ0n) is 14.5. The molecule has 0 spiro atoms. The van der Waals surface area contributed by atoms with E-state index in [9.17, 15) is 14.3 Å². The maximum absolute atomic E-state index is 13.2. The molecule has 27 heavy (non-hydrogen) atoms. The standard InChI is InChI=1S/C19H21Cl2FN2O2S/c20-18(21)19(26)24-14(10-22)17(25)12-5-3-11(4-6-12)15-7-8-16(27-15)13-2-1-9-23-13/h3-8,13-14,17-18,23,25H,1-2,9-10H2,(H,24,26). The summed E-state index contributed by atoms with van der Waals surface area (Å²) in [6, 6.07) is 10.8. The molecule has 1 fully saturated rings. The van der Waals surface area contributed by atoms with Crippen molar-refractivity contribution < 1.29 is 14.3 Å². The second kappa shape index (κ2) is 9.34. The largest absolute Gasteiger partial charge is 0.386 e.